The average Bonchev–Trinajstić information content (AvgIpc) is 2.80. The summed E-state index contributed by atoms with van der Waals surface area (Å²) in [5.74, 6) is -0.612. The Kier molecular flexibility index (Phi) is 4.89. The third kappa shape index (κ3) is 4.42. The van der Waals surface area contributed by atoms with Gasteiger partial charge in [0.2, 0.25) is 0 Å². The molecule has 0 aliphatic carbocycles. The van der Waals surface area contributed by atoms with Crippen molar-refractivity contribution in [2.24, 2.45) is 0 Å². The zero-order valence-corrected chi connectivity index (χ0v) is 13.4. The van der Waals surface area contributed by atoms with Gasteiger partial charge in [-0.15, -0.1) is 0 Å². The molecule has 1 aromatic carbocycles. The molecule has 1 heterocycles. The van der Waals surface area contributed by atoms with Crippen LogP contribution in [0.15, 0.2) is 18.2 Å². The summed E-state index contributed by atoms with van der Waals surface area (Å²) in [6, 6.07) is 4.44. The molecular formula is C16H21ClFNO2. The molecular weight excluding hydrogens is 293 g/mol. The van der Waals surface area contributed by atoms with E-state index in [2.05, 4.69) is 4.90 Å². The van der Waals surface area contributed by atoms with Crippen LogP contribution in [0.5, 0.6) is 0 Å². The smallest absolute Gasteiger partial charge is 0.323 e. The van der Waals surface area contributed by atoms with Gasteiger partial charge < -0.3 is 4.74 Å². The lowest BCUT2D eigenvalue weighted by atomic mass is 10.1. The first-order chi connectivity index (χ1) is 9.76. The highest BCUT2D eigenvalue weighted by Gasteiger charge is 2.33. The molecule has 0 aromatic heterocycles. The van der Waals surface area contributed by atoms with Crippen molar-refractivity contribution in [3.8, 4) is 0 Å². The van der Waals surface area contributed by atoms with Crippen molar-refractivity contribution in [1.82, 2.24) is 4.90 Å². The van der Waals surface area contributed by atoms with E-state index in [-0.39, 0.29) is 17.0 Å². The number of benzene rings is 1. The number of rotatable bonds is 3. The third-order valence-corrected chi connectivity index (χ3v) is 3.70. The fourth-order valence-corrected chi connectivity index (χ4v) is 2.73. The van der Waals surface area contributed by atoms with Crippen LogP contribution in [0.3, 0.4) is 0 Å². The second-order valence-corrected chi connectivity index (χ2v) is 6.82. The van der Waals surface area contributed by atoms with Crippen LogP contribution >= 0.6 is 11.6 Å². The van der Waals surface area contributed by atoms with Crippen LogP contribution in [0.2, 0.25) is 5.02 Å². The Morgan fingerprint density at radius 2 is 2.19 bits per heavy atom. The van der Waals surface area contributed by atoms with Gasteiger partial charge in [-0.2, -0.15) is 0 Å². The topological polar surface area (TPSA) is 29.5 Å². The maximum atomic E-state index is 13.2. The number of carbonyl (C=O) groups is 1. The quantitative estimate of drug-likeness (QED) is 0.795. The van der Waals surface area contributed by atoms with Gasteiger partial charge in [-0.25, -0.2) is 4.39 Å². The van der Waals surface area contributed by atoms with E-state index in [9.17, 15) is 9.18 Å². The average molecular weight is 314 g/mol. The number of nitrogens with zero attached hydrogens (tertiary/aromatic N) is 1. The molecule has 0 radical (unpaired) electrons. The summed E-state index contributed by atoms with van der Waals surface area (Å²) in [5.41, 5.74) is 0.418. The molecule has 0 spiro atoms. The standard InChI is InChI=1S/C16H21ClFNO2/c1-16(2,3)21-15(20)14-5-4-8-19(14)10-11-6-7-13(18)12(17)9-11/h6-7,9,14H,4-5,8,10H2,1-3H3/t14-/m0/s1. The van der Waals surface area contributed by atoms with E-state index < -0.39 is 11.4 Å². The molecule has 0 saturated carbocycles. The molecule has 0 N–H and O–H groups in total. The molecule has 1 aliphatic heterocycles. The molecule has 5 heteroatoms. The van der Waals surface area contributed by atoms with Crippen molar-refractivity contribution in [3.63, 3.8) is 0 Å². The summed E-state index contributed by atoms with van der Waals surface area (Å²) in [7, 11) is 0. The summed E-state index contributed by atoms with van der Waals surface area (Å²) in [4.78, 5) is 14.3. The Balaban J connectivity index is 2.05. The Bertz CT molecular complexity index is 527. The minimum atomic E-state index is -0.482. The van der Waals surface area contributed by atoms with Crippen LogP contribution in [0.25, 0.3) is 0 Å². The van der Waals surface area contributed by atoms with Gasteiger partial charge >= 0.3 is 5.97 Å². The van der Waals surface area contributed by atoms with Crippen LogP contribution in [0, 0.1) is 5.82 Å². The van der Waals surface area contributed by atoms with E-state index in [1.54, 1.807) is 12.1 Å². The normalized spacial score (nSPS) is 19.8. The third-order valence-electron chi connectivity index (χ3n) is 3.41. The maximum Gasteiger partial charge on any atom is 0.323 e. The van der Waals surface area contributed by atoms with E-state index in [1.165, 1.54) is 6.07 Å². The first kappa shape index (κ1) is 16.2. The minimum absolute atomic E-state index is 0.112. The first-order valence-corrected chi connectivity index (χ1v) is 7.55. The monoisotopic (exact) mass is 313 g/mol. The van der Waals surface area contributed by atoms with Crippen molar-refractivity contribution in [2.45, 2.75) is 51.8 Å². The summed E-state index contributed by atoms with van der Waals surface area (Å²) in [5, 5.41) is 0.112. The second kappa shape index (κ2) is 6.32. The number of carbonyl (C=O) groups excluding carboxylic acids is 1. The van der Waals surface area contributed by atoms with Crippen molar-refractivity contribution >= 4 is 17.6 Å². The highest BCUT2D eigenvalue weighted by atomic mass is 35.5. The van der Waals surface area contributed by atoms with Gasteiger partial charge in [-0.1, -0.05) is 17.7 Å². The van der Waals surface area contributed by atoms with Crippen LogP contribution in [-0.4, -0.2) is 29.1 Å². The lowest BCUT2D eigenvalue weighted by molar-refractivity contribution is -0.160. The lowest BCUT2D eigenvalue weighted by Gasteiger charge is -2.27. The van der Waals surface area contributed by atoms with Gasteiger partial charge in [0.1, 0.15) is 17.5 Å². The molecule has 3 nitrogen and oxygen atoms in total. The molecule has 1 atom stereocenters. The van der Waals surface area contributed by atoms with Crippen LogP contribution in [-0.2, 0) is 16.1 Å². The van der Waals surface area contributed by atoms with Crippen LogP contribution in [0.4, 0.5) is 4.39 Å². The Morgan fingerprint density at radius 1 is 1.48 bits per heavy atom. The number of ether oxygens (including phenoxy) is 1. The Morgan fingerprint density at radius 3 is 2.81 bits per heavy atom. The molecule has 1 aliphatic rings. The van der Waals surface area contributed by atoms with E-state index in [0.29, 0.717) is 6.54 Å². The van der Waals surface area contributed by atoms with E-state index in [1.807, 2.05) is 20.8 Å². The number of hydrogen-bond acceptors (Lipinski definition) is 3. The second-order valence-electron chi connectivity index (χ2n) is 6.41. The SMILES string of the molecule is CC(C)(C)OC(=O)[C@@H]1CCCN1Cc1ccc(F)c(Cl)c1. The molecule has 1 aromatic rings. The Labute approximate surface area is 130 Å². The van der Waals surface area contributed by atoms with Gasteiger partial charge in [0, 0.05) is 6.54 Å². The summed E-state index contributed by atoms with van der Waals surface area (Å²) < 4.78 is 18.6. The summed E-state index contributed by atoms with van der Waals surface area (Å²) in [6.45, 7) is 7.00. The van der Waals surface area contributed by atoms with Crippen molar-refractivity contribution in [1.29, 1.82) is 0 Å². The fraction of sp³-hybridized carbons (Fsp3) is 0.562. The fourth-order valence-electron chi connectivity index (χ4n) is 2.52. The molecule has 0 amide bonds. The zero-order valence-electron chi connectivity index (χ0n) is 12.7. The maximum absolute atomic E-state index is 13.2. The van der Waals surface area contributed by atoms with Crippen LogP contribution < -0.4 is 0 Å². The molecule has 21 heavy (non-hydrogen) atoms. The van der Waals surface area contributed by atoms with Gasteiger partial charge in [0.15, 0.2) is 0 Å². The number of halogens is 2. The van der Waals surface area contributed by atoms with Crippen molar-refractivity contribution < 1.29 is 13.9 Å². The Hall–Kier alpha value is -1.13. The van der Waals surface area contributed by atoms with Gasteiger partial charge in [0.25, 0.3) is 0 Å². The number of esters is 1. The van der Waals surface area contributed by atoms with Crippen molar-refractivity contribution in [3.05, 3.63) is 34.6 Å². The number of hydrogen-bond donors (Lipinski definition) is 0. The molecule has 1 saturated heterocycles. The van der Waals surface area contributed by atoms with E-state index >= 15 is 0 Å². The molecule has 0 bridgehead atoms. The predicted octanol–water partition coefficient (Wildman–Crippen LogP) is 3.79. The minimum Gasteiger partial charge on any atom is -0.459 e. The van der Waals surface area contributed by atoms with Crippen molar-refractivity contribution in [2.75, 3.05) is 6.54 Å². The highest BCUT2D eigenvalue weighted by Crippen LogP contribution is 2.24. The van der Waals surface area contributed by atoms with E-state index in [0.717, 1.165) is 24.9 Å². The molecule has 1 fully saturated rings. The van der Waals surface area contributed by atoms with Gasteiger partial charge in [0.05, 0.1) is 5.02 Å². The van der Waals surface area contributed by atoms with Crippen LogP contribution in [0.1, 0.15) is 39.2 Å². The van der Waals surface area contributed by atoms with E-state index in [4.69, 9.17) is 16.3 Å². The number of likely N-dealkylation sites (tertiary alicyclic amines) is 1. The summed E-state index contributed by atoms with van der Waals surface area (Å²) >= 11 is 5.80. The molecule has 116 valence electrons. The van der Waals surface area contributed by atoms with Gasteiger partial charge in [-0.05, 0) is 57.9 Å². The predicted molar refractivity (Wildman–Crippen MR) is 80.7 cm³/mol. The highest BCUT2D eigenvalue weighted by molar-refractivity contribution is 6.30. The van der Waals surface area contributed by atoms with Gasteiger partial charge in [-0.3, -0.25) is 9.69 Å². The molecule has 2 rings (SSSR count). The zero-order chi connectivity index (χ0) is 15.6. The lowest BCUT2D eigenvalue weighted by Crippen LogP contribution is -2.40. The largest absolute Gasteiger partial charge is 0.459 e. The molecule has 0 unspecified atom stereocenters. The summed E-state index contributed by atoms with van der Waals surface area (Å²) in [6.07, 6.45) is 1.75. The first-order valence-electron chi connectivity index (χ1n) is 7.17.